The number of ether oxygens (including phenoxy) is 1. The summed E-state index contributed by atoms with van der Waals surface area (Å²) in [6.45, 7) is 23.3. The number of carbonyl (C=O) groups excluding carboxylic acids is 3. The van der Waals surface area contributed by atoms with Crippen LogP contribution in [0.5, 0.6) is 0 Å². The lowest BCUT2D eigenvalue weighted by Crippen LogP contribution is -2.44. The number of nitrogens with one attached hydrogen (secondary N) is 2. The third-order valence-corrected chi connectivity index (χ3v) is 13.9. The zero-order chi connectivity index (χ0) is 57.4. The van der Waals surface area contributed by atoms with E-state index in [0.29, 0.717) is 73.9 Å². The number of halogens is 8. The third-order valence-electron chi connectivity index (χ3n) is 13.9. The Morgan fingerprint density at radius 3 is 1.29 bits per heavy atom. The van der Waals surface area contributed by atoms with Gasteiger partial charge in [-0.1, -0.05) is 117 Å². The normalized spacial score (nSPS) is 18.6. The maximum Gasteiger partial charge on any atom is 0.417 e. The highest BCUT2D eigenvalue weighted by Gasteiger charge is 2.53. The van der Waals surface area contributed by atoms with E-state index >= 15 is 0 Å². The molecule has 2 fully saturated rings. The molecule has 2 aliphatic rings. The number of nitrogens with zero attached hydrogens (tertiary/aromatic N) is 2. The van der Waals surface area contributed by atoms with Crippen LogP contribution in [0.2, 0.25) is 0 Å². The number of hydrogen-bond acceptors (Lipinski definition) is 7. The highest BCUT2D eigenvalue weighted by Crippen LogP contribution is 2.46. The number of amides is 2. The first-order valence-corrected chi connectivity index (χ1v) is 26.0. The number of benzene rings is 4. The number of unbranched alkanes of at least 4 members (excludes halogenated alkanes) is 2. The highest BCUT2D eigenvalue weighted by molar-refractivity contribution is 5.94. The van der Waals surface area contributed by atoms with E-state index in [1.807, 2.05) is 41.5 Å². The van der Waals surface area contributed by atoms with Gasteiger partial charge in [-0.2, -0.15) is 26.3 Å². The van der Waals surface area contributed by atoms with Gasteiger partial charge in [0.2, 0.25) is 0 Å². The first-order valence-electron chi connectivity index (χ1n) is 26.0. The predicted octanol–water partition coefficient (Wildman–Crippen LogP) is 14.9. The Hall–Kier alpha value is -6.72. The maximum absolute atomic E-state index is 14.3. The first-order chi connectivity index (χ1) is 36.0. The second kappa shape index (κ2) is 25.2. The van der Waals surface area contributed by atoms with E-state index < -0.39 is 87.4 Å². The minimum absolute atomic E-state index is 0.260. The van der Waals surface area contributed by atoms with Crippen molar-refractivity contribution in [2.45, 2.75) is 161 Å². The van der Waals surface area contributed by atoms with Gasteiger partial charge in [0, 0.05) is 0 Å². The molecule has 2 aliphatic heterocycles. The van der Waals surface area contributed by atoms with Crippen LogP contribution in [0.1, 0.15) is 186 Å². The van der Waals surface area contributed by atoms with Crippen LogP contribution in [-0.2, 0) is 37.8 Å². The van der Waals surface area contributed by atoms with Gasteiger partial charge in [-0.15, -0.1) is 0 Å². The van der Waals surface area contributed by atoms with Gasteiger partial charge >= 0.3 is 24.3 Å². The fourth-order valence-electron chi connectivity index (χ4n) is 9.87. The van der Waals surface area contributed by atoms with Crippen molar-refractivity contribution in [3.63, 3.8) is 0 Å². The molecule has 418 valence electrons. The molecule has 4 aromatic carbocycles. The molecule has 4 aromatic rings. The van der Waals surface area contributed by atoms with Crippen molar-refractivity contribution in [2.75, 3.05) is 0 Å². The van der Waals surface area contributed by atoms with E-state index in [-0.39, 0.29) is 35.0 Å². The van der Waals surface area contributed by atoms with Crippen LogP contribution in [0.4, 0.5) is 35.1 Å². The molecule has 10 nitrogen and oxygen atoms in total. The number of carboxylic acids is 1. The minimum atomic E-state index is -4.84. The molecule has 6 rings (SSSR count). The second-order valence-electron chi connectivity index (χ2n) is 20.9. The van der Waals surface area contributed by atoms with Gasteiger partial charge in [0.25, 0.3) is 11.8 Å². The largest absolute Gasteiger partial charge is 0.478 e. The molecule has 18 heteroatoms. The maximum atomic E-state index is 14.3. The van der Waals surface area contributed by atoms with Gasteiger partial charge < -0.3 is 20.5 Å². The number of carbonyl (C=O) groups is 4. The van der Waals surface area contributed by atoms with E-state index in [2.05, 4.69) is 23.8 Å². The van der Waals surface area contributed by atoms with E-state index in [0.717, 1.165) is 31.0 Å². The third kappa shape index (κ3) is 14.1. The summed E-state index contributed by atoms with van der Waals surface area (Å²) in [4.78, 5) is 55.9. The van der Waals surface area contributed by atoms with Crippen LogP contribution in [0.15, 0.2) is 110 Å². The van der Waals surface area contributed by atoms with E-state index in [1.165, 1.54) is 52.3 Å². The molecule has 0 bridgehead atoms. The van der Waals surface area contributed by atoms with Crippen LogP contribution in [0.3, 0.4) is 0 Å². The molecule has 0 saturated carbocycles. The zero-order valence-corrected chi connectivity index (χ0v) is 44.9. The van der Waals surface area contributed by atoms with Crippen LogP contribution < -0.4 is 10.6 Å². The Balaban J connectivity index is 0.000000285. The molecule has 2 unspecified atom stereocenters. The lowest BCUT2D eigenvalue weighted by atomic mass is 9.83. The predicted molar refractivity (Wildman–Crippen MR) is 277 cm³/mol. The first kappa shape index (κ1) is 61.1. The molecule has 2 saturated heterocycles. The average molecular weight is 1080 g/mol. The number of alkyl halides is 6. The summed E-state index contributed by atoms with van der Waals surface area (Å²) < 4.78 is 115. The lowest BCUT2D eigenvalue weighted by Gasteiger charge is -2.32. The highest BCUT2D eigenvalue weighted by atomic mass is 19.4. The monoisotopic (exact) mass is 1080 g/mol. The van der Waals surface area contributed by atoms with Crippen molar-refractivity contribution in [2.24, 2.45) is 11.8 Å². The summed E-state index contributed by atoms with van der Waals surface area (Å²) in [5, 5.41) is 16.0. The summed E-state index contributed by atoms with van der Waals surface area (Å²) in [6, 6.07) is 16.2. The minimum Gasteiger partial charge on any atom is -0.478 e. The topological polar surface area (TPSA) is 128 Å². The summed E-state index contributed by atoms with van der Waals surface area (Å²) >= 11 is 0. The van der Waals surface area contributed by atoms with Crippen LogP contribution in [0.25, 0.3) is 0 Å². The Morgan fingerprint density at radius 2 is 0.961 bits per heavy atom. The summed E-state index contributed by atoms with van der Waals surface area (Å²) in [5.41, 5.74) is -4.51. The Kier molecular flexibility index (Phi) is 20.0. The summed E-state index contributed by atoms with van der Waals surface area (Å²) in [7, 11) is 0. The van der Waals surface area contributed by atoms with Gasteiger partial charge in [-0.3, -0.25) is 19.4 Å². The van der Waals surface area contributed by atoms with Crippen LogP contribution in [0, 0.1) is 23.5 Å². The molecular formula is C59H70F8N4O6. The van der Waals surface area contributed by atoms with Gasteiger partial charge in [-0.25, -0.2) is 18.4 Å². The van der Waals surface area contributed by atoms with Crippen molar-refractivity contribution in [3.05, 3.63) is 166 Å². The Morgan fingerprint density at radius 1 is 0.597 bits per heavy atom. The van der Waals surface area contributed by atoms with Crippen molar-refractivity contribution in [1.29, 1.82) is 0 Å². The molecular weight excluding hydrogens is 1010 g/mol. The number of hydrogen-bond donors (Lipinski definition) is 3. The molecule has 2 heterocycles. The standard InChI is InChI=1S/C31H38F4N2O3.C28H32F4N2O3/c1-7-8-9-27(22-10-15-26(31(33,34)35)25(18-22)28(38)40-20(4)5)37-21(6)36-30(29(37)39,17-16-19(2)3)23-11-13-24(32)14-12-23;1-5-6-7-24(19-8-13-23(28(30,31)32)22(16-19)25(35)36)34-18(4)33-27(26(34)37,15-14-17(2)3)20-9-11-21(29)12-10-20/h10-15,18-20,27,36H,6-9,16-17H2,1-5H3;8-13,16-17,24,33H,4-7,14-15H2,1-3H3,(H,35,36)/t27?,30-;24?,27-/m11/s1. The van der Waals surface area contributed by atoms with Crippen molar-refractivity contribution in [1.82, 2.24) is 20.4 Å². The van der Waals surface area contributed by atoms with Gasteiger partial charge in [-0.05, 0) is 135 Å². The Bertz CT molecular complexity index is 2760. The number of aromatic carboxylic acids is 1. The smallest absolute Gasteiger partial charge is 0.417 e. The fourth-order valence-corrected chi connectivity index (χ4v) is 9.87. The molecule has 4 atom stereocenters. The molecule has 2 amide bonds. The quantitative estimate of drug-likeness (QED) is 0.0556. The molecule has 0 spiro atoms. The molecule has 3 N–H and O–H groups in total. The molecule has 0 radical (unpaired) electrons. The van der Waals surface area contributed by atoms with Gasteiger partial charge in [0.1, 0.15) is 34.4 Å². The van der Waals surface area contributed by atoms with Crippen molar-refractivity contribution >= 4 is 23.8 Å². The fraction of sp³-hybridized carbons (Fsp3) is 0.458. The Labute approximate surface area is 445 Å². The molecule has 77 heavy (non-hydrogen) atoms. The number of rotatable bonds is 21. The zero-order valence-electron chi connectivity index (χ0n) is 44.9. The summed E-state index contributed by atoms with van der Waals surface area (Å²) in [6.07, 6.45) is -4.43. The van der Waals surface area contributed by atoms with E-state index in [4.69, 9.17) is 4.74 Å². The molecule has 0 aromatic heterocycles. The van der Waals surface area contributed by atoms with E-state index in [9.17, 15) is 59.4 Å². The SMILES string of the molecule is C=C1N[C@](CCC(C)C)(c2ccc(F)cc2)C(=O)N1C(CCCC)c1ccc(C(F)(F)F)c(C(=O)O)c1.C=C1N[C@](CCC(C)C)(c2ccc(F)cc2)C(=O)N1C(CCCC)c1ccc(C(F)(F)F)c(C(=O)OC(C)C)c1. The van der Waals surface area contributed by atoms with Gasteiger partial charge in [0.05, 0.1) is 40.4 Å². The van der Waals surface area contributed by atoms with Crippen molar-refractivity contribution in [3.8, 4) is 0 Å². The average Bonchev–Trinajstić information content (AvgIpc) is 3.77. The van der Waals surface area contributed by atoms with Crippen LogP contribution >= 0.6 is 0 Å². The van der Waals surface area contributed by atoms with Gasteiger partial charge in [0.15, 0.2) is 0 Å². The van der Waals surface area contributed by atoms with E-state index in [1.54, 1.807) is 38.1 Å². The molecule has 0 aliphatic carbocycles. The van der Waals surface area contributed by atoms with Crippen molar-refractivity contribution < 1.29 is 64.1 Å². The summed E-state index contributed by atoms with van der Waals surface area (Å²) in [5.74, 6) is -3.26. The number of esters is 1. The number of carboxylic acid groups (broad SMARTS) is 1. The van der Waals surface area contributed by atoms with Crippen LogP contribution in [-0.4, -0.2) is 44.8 Å². The second-order valence-corrected chi connectivity index (χ2v) is 20.9. The lowest BCUT2D eigenvalue weighted by molar-refractivity contribution is -0.139.